The molecule has 1 aliphatic heterocycles. The molecule has 1 aromatic rings. The number of anilines is 1. The maximum absolute atomic E-state index is 6.30. The zero-order chi connectivity index (χ0) is 14.0. The van der Waals surface area contributed by atoms with Gasteiger partial charge in [0.25, 0.3) is 0 Å². The van der Waals surface area contributed by atoms with Crippen molar-refractivity contribution in [2.24, 2.45) is 11.3 Å². The fourth-order valence-corrected chi connectivity index (χ4v) is 3.19. The molecule has 1 aliphatic rings. The molecule has 2 heterocycles. The molecule has 19 heavy (non-hydrogen) atoms. The lowest BCUT2D eigenvalue weighted by molar-refractivity contribution is 0.198. The molecule has 2 rings (SSSR count). The number of rotatable bonds is 2. The van der Waals surface area contributed by atoms with Crippen molar-refractivity contribution in [1.29, 1.82) is 0 Å². The van der Waals surface area contributed by atoms with Crippen molar-refractivity contribution >= 4 is 29.0 Å². The van der Waals surface area contributed by atoms with E-state index >= 15 is 0 Å². The maximum atomic E-state index is 6.30. The summed E-state index contributed by atoms with van der Waals surface area (Å²) in [6.45, 7) is 9.05. The number of alkyl halides is 1. The highest BCUT2D eigenvalue weighted by molar-refractivity contribution is 6.33. The Morgan fingerprint density at radius 1 is 1.32 bits per heavy atom. The molecule has 0 aliphatic carbocycles. The van der Waals surface area contributed by atoms with Gasteiger partial charge in [0.1, 0.15) is 5.82 Å². The lowest BCUT2D eigenvalue weighted by Gasteiger charge is -2.39. The summed E-state index contributed by atoms with van der Waals surface area (Å²) < 4.78 is 0. The molecule has 0 N–H and O–H groups in total. The number of halogens is 2. The van der Waals surface area contributed by atoms with Crippen LogP contribution in [0.3, 0.4) is 0 Å². The first-order valence-corrected chi connectivity index (χ1v) is 7.78. The fourth-order valence-electron chi connectivity index (χ4n) is 2.73. The smallest absolute Gasteiger partial charge is 0.147 e. The summed E-state index contributed by atoms with van der Waals surface area (Å²) in [5.41, 5.74) is 1.37. The minimum atomic E-state index is 0.395. The largest absolute Gasteiger partial charge is 0.355 e. The standard InChI is InChI=1S/C15H22Cl2N2/c1-15(2,3)12-4-6-19(7-5-12)14-13(17)8-11(9-16)10-18-14/h8,10,12H,4-7,9H2,1-3H3. The summed E-state index contributed by atoms with van der Waals surface area (Å²) in [5, 5.41) is 0.715. The average molecular weight is 301 g/mol. The third kappa shape index (κ3) is 3.55. The number of piperidine rings is 1. The van der Waals surface area contributed by atoms with Crippen LogP contribution in [-0.4, -0.2) is 18.1 Å². The van der Waals surface area contributed by atoms with Crippen LogP contribution in [-0.2, 0) is 5.88 Å². The van der Waals surface area contributed by atoms with Crippen molar-refractivity contribution in [3.8, 4) is 0 Å². The molecule has 4 heteroatoms. The molecule has 2 nitrogen and oxygen atoms in total. The molecule has 0 aromatic carbocycles. The Kier molecular flexibility index (Phi) is 4.62. The number of pyridine rings is 1. The zero-order valence-electron chi connectivity index (χ0n) is 11.9. The van der Waals surface area contributed by atoms with E-state index in [1.807, 2.05) is 12.3 Å². The SMILES string of the molecule is CC(C)(C)C1CCN(c2ncc(CCl)cc2Cl)CC1. The topological polar surface area (TPSA) is 16.1 Å². The molecule has 0 bridgehead atoms. The van der Waals surface area contributed by atoms with Crippen molar-refractivity contribution < 1.29 is 0 Å². The van der Waals surface area contributed by atoms with Crippen LogP contribution in [0.25, 0.3) is 0 Å². The van der Waals surface area contributed by atoms with Crippen LogP contribution in [0.5, 0.6) is 0 Å². The lowest BCUT2D eigenvalue weighted by Crippen LogP contribution is -2.38. The molecule has 106 valence electrons. The second-order valence-corrected chi connectivity index (χ2v) is 7.08. The number of nitrogens with zero attached hydrogens (tertiary/aromatic N) is 2. The summed E-state index contributed by atoms with van der Waals surface area (Å²) in [7, 11) is 0. The summed E-state index contributed by atoms with van der Waals surface area (Å²) in [4.78, 5) is 6.76. The van der Waals surface area contributed by atoms with Crippen LogP contribution >= 0.6 is 23.2 Å². The Balaban J connectivity index is 2.06. The average Bonchev–Trinajstić information content (AvgIpc) is 2.37. The Morgan fingerprint density at radius 3 is 2.42 bits per heavy atom. The van der Waals surface area contributed by atoms with Gasteiger partial charge >= 0.3 is 0 Å². The monoisotopic (exact) mass is 300 g/mol. The van der Waals surface area contributed by atoms with E-state index < -0.39 is 0 Å². The van der Waals surface area contributed by atoms with E-state index in [0.717, 1.165) is 30.4 Å². The van der Waals surface area contributed by atoms with Crippen LogP contribution < -0.4 is 4.90 Å². The zero-order valence-corrected chi connectivity index (χ0v) is 13.4. The molecule has 0 atom stereocenters. The highest BCUT2D eigenvalue weighted by Gasteiger charge is 2.29. The molecular formula is C15H22Cl2N2. The first-order valence-electron chi connectivity index (χ1n) is 6.87. The van der Waals surface area contributed by atoms with Crippen molar-refractivity contribution in [3.63, 3.8) is 0 Å². The van der Waals surface area contributed by atoms with Gasteiger partial charge in [0.2, 0.25) is 0 Å². The predicted molar refractivity (Wildman–Crippen MR) is 83.2 cm³/mol. The first kappa shape index (κ1) is 14.9. The van der Waals surface area contributed by atoms with Crippen molar-refractivity contribution in [2.75, 3.05) is 18.0 Å². The van der Waals surface area contributed by atoms with E-state index in [9.17, 15) is 0 Å². The van der Waals surface area contributed by atoms with Crippen LogP contribution in [0, 0.1) is 11.3 Å². The molecule has 0 spiro atoms. The lowest BCUT2D eigenvalue weighted by atomic mass is 9.75. The van der Waals surface area contributed by atoms with E-state index in [-0.39, 0.29) is 0 Å². The van der Waals surface area contributed by atoms with Gasteiger partial charge in [-0.1, -0.05) is 32.4 Å². The van der Waals surface area contributed by atoms with E-state index in [4.69, 9.17) is 23.2 Å². The summed E-state index contributed by atoms with van der Waals surface area (Å²) in [5.74, 6) is 2.14. The Bertz CT molecular complexity index is 432. The highest BCUT2D eigenvalue weighted by Crippen LogP contribution is 2.36. The summed E-state index contributed by atoms with van der Waals surface area (Å²) in [6.07, 6.45) is 4.24. The normalized spacial score (nSPS) is 17.8. The van der Waals surface area contributed by atoms with Gasteiger partial charge in [-0.15, -0.1) is 11.6 Å². The van der Waals surface area contributed by atoms with Gasteiger partial charge in [-0.05, 0) is 35.8 Å². The first-order chi connectivity index (χ1) is 8.91. The molecule has 0 radical (unpaired) electrons. The summed E-state index contributed by atoms with van der Waals surface area (Å²) >= 11 is 12.1. The van der Waals surface area contributed by atoms with Gasteiger partial charge in [-0.25, -0.2) is 4.98 Å². The molecule has 0 saturated carbocycles. The minimum Gasteiger partial charge on any atom is -0.355 e. The summed E-state index contributed by atoms with van der Waals surface area (Å²) in [6, 6.07) is 1.92. The third-order valence-electron chi connectivity index (χ3n) is 4.05. The maximum Gasteiger partial charge on any atom is 0.147 e. The van der Waals surface area contributed by atoms with E-state index in [1.54, 1.807) is 0 Å². The van der Waals surface area contributed by atoms with Gasteiger partial charge in [0.05, 0.1) is 5.02 Å². The molecule has 1 saturated heterocycles. The van der Waals surface area contributed by atoms with Gasteiger partial charge in [-0.2, -0.15) is 0 Å². The molecule has 1 aromatic heterocycles. The van der Waals surface area contributed by atoms with Crippen LogP contribution in [0.2, 0.25) is 5.02 Å². The van der Waals surface area contributed by atoms with Gasteiger partial charge < -0.3 is 4.90 Å². The second kappa shape index (κ2) is 5.88. The van der Waals surface area contributed by atoms with Crippen molar-refractivity contribution in [1.82, 2.24) is 4.98 Å². The number of aromatic nitrogens is 1. The van der Waals surface area contributed by atoms with E-state index in [2.05, 4.69) is 30.7 Å². The van der Waals surface area contributed by atoms with Crippen molar-refractivity contribution in [2.45, 2.75) is 39.5 Å². The predicted octanol–water partition coefficient (Wildman–Crippen LogP) is 4.74. The van der Waals surface area contributed by atoms with E-state index in [0.29, 0.717) is 16.3 Å². The van der Waals surface area contributed by atoms with Gasteiger partial charge in [0, 0.05) is 25.2 Å². The Hall–Kier alpha value is -0.470. The molecule has 0 amide bonds. The fraction of sp³-hybridized carbons (Fsp3) is 0.667. The van der Waals surface area contributed by atoms with Crippen LogP contribution in [0.15, 0.2) is 12.3 Å². The minimum absolute atomic E-state index is 0.395. The van der Waals surface area contributed by atoms with E-state index in [1.165, 1.54) is 12.8 Å². The highest BCUT2D eigenvalue weighted by atomic mass is 35.5. The van der Waals surface area contributed by atoms with Crippen LogP contribution in [0.4, 0.5) is 5.82 Å². The second-order valence-electron chi connectivity index (χ2n) is 6.41. The Labute approximate surface area is 126 Å². The number of hydrogen-bond acceptors (Lipinski definition) is 2. The van der Waals surface area contributed by atoms with Crippen LogP contribution in [0.1, 0.15) is 39.2 Å². The number of hydrogen-bond donors (Lipinski definition) is 0. The van der Waals surface area contributed by atoms with Crippen molar-refractivity contribution in [3.05, 3.63) is 22.8 Å². The van der Waals surface area contributed by atoms with Gasteiger partial charge in [0.15, 0.2) is 0 Å². The molecular weight excluding hydrogens is 279 g/mol. The third-order valence-corrected chi connectivity index (χ3v) is 4.64. The van der Waals surface area contributed by atoms with Gasteiger partial charge in [-0.3, -0.25) is 0 Å². The Morgan fingerprint density at radius 2 is 1.95 bits per heavy atom. The molecule has 0 unspecified atom stereocenters. The quantitative estimate of drug-likeness (QED) is 0.734. The molecule has 1 fully saturated rings.